The van der Waals surface area contributed by atoms with Gasteiger partial charge in [-0.2, -0.15) is 0 Å². The minimum atomic E-state index is 0.119. The first-order chi connectivity index (χ1) is 12.9. The van der Waals surface area contributed by atoms with Crippen LogP contribution in [-0.4, -0.2) is 54.0 Å². The van der Waals surface area contributed by atoms with Gasteiger partial charge in [-0.1, -0.05) is 51.1 Å². The number of benzene rings is 1. The van der Waals surface area contributed by atoms with E-state index in [4.69, 9.17) is 4.74 Å². The van der Waals surface area contributed by atoms with Gasteiger partial charge in [0.2, 0.25) is 5.91 Å². The van der Waals surface area contributed by atoms with Crippen molar-refractivity contribution in [2.24, 2.45) is 11.3 Å². The predicted octanol–water partition coefficient (Wildman–Crippen LogP) is 3.88. The second-order valence-electron chi connectivity index (χ2n) is 9.67. The Bertz CT molecular complexity index is 642. The first-order valence-electron chi connectivity index (χ1n) is 10.6. The Labute approximate surface area is 163 Å². The number of hydrogen-bond acceptors (Lipinski definition) is 3. The van der Waals surface area contributed by atoms with Crippen LogP contribution in [0.25, 0.3) is 0 Å². The molecule has 2 atom stereocenters. The topological polar surface area (TPSA) is 32.8 Å². The molecule has 0 spiro atoms. The third kappa shape index (κ3) is 4.38. The molecule has 0 aromatic heterocycles. The van der Waals surface area contributed by atoms with E-state index in [-0.39, 0.29) is 17.6 Å². The molecule has 0 bridgehead atoms. The van der Waals surface area contributed by atoms with Gasteiger partial charge in [-0.15, -0.1) is 0 Å². The molecule has 2 heterocycles. The lowest BCUT2D eigenvalue weighted by Crippen LogP contribution is -2.55. The van der Waals surface area contributed by atoms with E-state index in [9.17, 15) is 4.79 Å². The van der Waals surface area contributed by atoms with Crippen LogP contribution < -0.4 is 0 Å². The lowest BCUT2D eigenvalue weighted by atomic mass is 9.86. The van der Waals surface area contributed by atoms with Crippen molar-refractivity contribution >= 4 is 5.91 Å². The number of carbonyl (C=O) groups is 1. The maximum Gasteiger partial charge on any atom is 0.225 e. The molecule has 1 aromatic rings. The normalized spacial score (nSPS) is 28.3. The monoisotopic (exact) mass is 370 g/mol. The molecule has 2 aliphatic heterocycles. The fourth-order valence-electron chi connectivity index (χ4n) is 4.45. The van der Waals surface area contributed by atoms with E-state index in [0.717, 1.165) is 51.9 Å². The van der Waals surface area contributed by atoms with Gasteiger partial charge in [-0.25, -0.2) is 0 Å². The summed E-state index contributed by atoms with van der Waals surface area (Å²) in [6.07, 6.45) is 4.76. The minimum absolute atomic E-state index is 0.119. The van der Waals surface area contributed by atoms with E-state index in [0.29, 0.717) is 17.9 Å². The standard InChI is InChI=1S/C23H34N2O2/c1-23(2,3)21-16-25(15-20(27-21)17-7-5-4-6-8-17)19-11-13-24(14-12-19)22(26)18-9-10-18/h4-8,18-21H,9-16H2,1-3H3/t20-,21+/m0/s1. The Kier molecular flexibility index (Phi) is 5.30. The molecule has 4 rings (SSSR count). The summed E-state index contributed by atoms with van der Waals surface area (Å²) in [5.74, 6) is 0.753. The van der Waals surface area contributed by atoms with Crippen LogP contribution in [0.3, 0.4) is 0 Å². The smallest absolute Gasteiger partial charge is 0.225 e. The van der Waals surface area contributed by atoms with Crippen LogP contribution in [-0.2, 0) is 9.53 Å². The van der Waals surface area contributed by atoms with Crippen molar-refractivity contribution in [1.82, 2.24) is 9.80 Å². The lowest BCUT2D eigenvalue weighted by molar-refractivity contribution is -0.145. The summed E-state index contributed by atoms with van der Waals surface area (Å²) in [5.41, 5.74) is 1.40. The molecule has 0 unspecified atom stereocenters. The van der Waals surface area contributed by atoms with Crippen LogP contribution in [0.2, 0.25) is 0 Å². The summed E-state index contributed by atoms with van der Waals surface area (Å²) in [7, 11) is 0. The summed E-state index contributed by atoms with van der Waals surface area (Å²) in [6, 6.07) is 11.2. The van der Waals surface area contributed by atoms with Crippen molar-refractivity contribution in [2.75, 3.05) is 26.2 Å². The van der Waals surface area contributed by atoms with Gasteiger partial charge in [0.1, 0.15) is 0 Å². The molecule has 148 valence electrons. The quantitative estimate of drug-likeness (QED) is 0.810. The van der Waals surface area contributed by atoms with Crippen molar-refractivity contribution < 1.29 is 9.53 Å². The largest absolute Gasteiger partial charge is 0.367 e. The van der Waals surface area contributed by atoms with Crippen LogP contribution in [0, 0.1) is 11.3 Å². The number of nitrogens with zero attached hydrogens (tertiary/aromatic N) is 2. The Balaban J connectivity index is 1.43. The molecular weight excluding hydrogens is 336 g/mol. The molecule has 0 N–H and O–H groups in total. The van der Waals surface area contributed by atoms with Gasteiger partial charge in [0.05, 0.1) is 12.2 Å². The highest BCUT2D eigenvalue weighted by molar-refractivity contribution is 5.81. The third-order valence-corrected chi connectivity index (χ3v) is 6.49. The zero-order valence-corrected chi connectivity index (χ0v) is 17.1. The summed E-state index contributed by atoms with van der Waals surface area (Å²) in [4.78, 5) is 17.1. The highest BCUT2D eigenvalue weighted by Gasteiger charge is 2.40. The fraction of sp³-hybridized carbons (Fsp3) is 0.696. The van der Waals surface area contributed by atoms with E-state index >= 15 is 0 Å². The Morgan fingerprint density at radius 3 is 2.26 bits per heavy atom. The van der Waals surface area contributed by atoms with Gasteiger partial charge in [0, 0.05) is 38.1 Å². The highest BCUT2D eigenvalue weighted by atomic mass is 16.5. The van der Waals surface area contributed by atoms with E-state index in [2.05, 4.69) is 60.9 Å². The zero-order chi connectivity index (χ0) is 19.0. The Morgan fingerprint density at radius 2 is 1.67 bits per heavy atom. The molecule has 3 aliphatic rings. The van der Waals surface area contributed by atoms with Gasteiger partial charge in [0.25, 0.3) is 0 Å². The average Bonchev–Trinajstić information content (AvgIpc) is 3.52. The maximum atomic E-state index is 12.4. The van der Waals surface area contributed by atoms with Crippen LogP contribution >= 0.6 is 0 Å². The van der Waals surface area contributed by atoms with Gasteiger partial charge < -0.3 is 9.64 Å². The number of morpholine rings is 1. The molecular formula is C23H34N2O2. The second kappa shape index (κ2) is 7.56. The zero-order valence-electron chi connectivity index (χ0n) is 17.1. The van der Waals surface area contributed by atoms with E-state index in [1.165, 1.54) is 5.56 Å². The van der Waals surface area contributed by atoms with E-state index in [1.54, 1.807) is 0 Å². The van der Waals surface area contributed by atoms with Crippen molar-refractivity contribution in [3.8, 4) is 0 Å². The van der Waals surface area contributed by atoms with Gasteiger partial charge in [-0.3, -0.25) is 9.69 Å². The van der Waals surface area contributed by atoms with Gasteiger partial charge in [-0.05, 0) is 36.7 Å². The summed E-state index contributed by atoms with van der Waals surface area (Å²) in [5, 5.41) is 0. The summed E-state index contributed by atoms with van der Waals surface area (Å²) >= 11 is 0. The number of ether oxygens (including phenoxy) is 1. The van der Waals surface area contributed by atoms with E-state index in [1.807, 2.05) is 0 Å². The second-order valence-corrected chi connectivity index (χ2v) is 9.67. The van der Waals surface area contributed by atoms with Gasteiger partial charge in [0.15, 0.2) is 0 Å². The predicted molar refractivity (Wildman–Crippen MR) is 107 cm³/mol. The molecule has 0 radical (unpaired) electrons. The lowest BCUT2D eigenvalue weighted by Gasteiger charge is -2.48. The van der Waals surface area contributed by atoms with Crippen molar-refractivity contribution in [2.45, 2.75) is 64.7 Å². The van der Waals surface area contributed by atoms with Crippen molar-refractivity contribution in [1.29, 1.82) is 0 Å². The molecule has 27 heavy (non-hydrogen) atoms. The van der Waals surface area contributed by atoms with Crippen LogP contribution in [0.5, 0.6) is 0 Å². The van der Waals surface area contributed by atoms with Crippen LogP contribution in [0.1, 0.15) is 58.1 Å². The molecule has 1 aromatic carbocycles. The van der Waals surface area contributed by atoms with Crippen molar-refractivity contribution in [3.05, 3.63) is 35.9 Å². The average molecular weight is 371 g/mol. The summed E-state index contributed by atoms with van der Waals surface area (Å²) in [6.45, 7) is 10.6. The van der Waals surface area contributed by atoms with E-state index < -0.39 is 0 Å². The maximum absolute atomic E-state index is 12.4. The van der Waals surface area contributed by atoms with Crippen LogP contribution in [0.4, 0.5) is 0 Å². The Hall–Kier alpha value is -1.39. The molecule has 2 saturated heterocycles. The van der Waals surface area contributed by atoms with Gasteiger partial charge >= 0.3 is 0 Å². The summed E-state index contributed by atoms with van der Waals surface area (Å²) < 4.78 is 6.55. The number of rotatable bonds is 3. The first kappa shape index (κ1) is 18.9. The Morgan fingerprint density at radius 1 is 1.00 bits per heavy atom. The molecule has 1 saturated carbocycles. The third-order valence-electron chi connectivity index (χ3n) is 6.49. The van der Waals surface area contributed by atoms with Crippen LogP contribution in [0.15, 0.2) is 30.3 Å². The number of piperidine rings is 1. The fourth-order valence-corrected chi connectivity index (χ4v) is 4.45. The number of amides is 1. The molecule has 4 nitrogen and oxygen atoms in total. The molecule has 1 amide bonds. The number of likely N-dealkylation sites (tertiary alicyclic amines) is 1. The number of hydrogen-bond donors (Lipinski definition) is 0. The molecule has 1 aliphatic carbocycles. The molecule has 4 heteroatoms. The SMILES string of the molecule is CC(C)(C)[C@H]1CN(C2CCN(C(=O)C3CC3)CC2)C[C@@H](c2ccccc2)O1. The highest BCUT2D eigenvalue weighted by Crippen LogP contribution is 2.36. The first-order valence-corrected chi connectivity index (χ1v) is 10.6. The number of carbonyl (C=O) groups excluding carboxylic acids is 1. The molecule has 3 fully saturated rings. The minimum Gasteiger partial charge on any atom is -0.367 e. The van der Waals surface area contributed by atoms with Crippen molar-refractivity contribution in [3.63, 3.8) is 0 Å².